The smallest absolute Gasteiger partial charge is 0.320 e. The molecule has 0 aromatic carbocycles. The van der Waals surface area contributed by atoms with Crippen molar-refractivity contribution in [3.8, 4) is 0 Å². The summed E-state index contributed by atoms with van der Waals surface area (Å²) in [5.74, 6) is -1.19. The van der Waals surface area contributed by atoms with E-state index >= 15 is 0 Å². The molecule has 1 rings (SSSR count). The highest BCUT2D eigenvalue weighted by atomic mass is 16.4. The molecule has 1 N–H and O–H groups in total. The summed E-state index contributed by atoms with van der Waals surface area (Å²) < 4.78 is 0. The Morgan fingerprint density at radius 1 is 1.40 bits per heavy atom. The van der Waals surface area contributed by atoms with Crippen molar-refractivity contribution in [2.75, 3.05) is 19.6 Å². The molecular formula is C15H28N2O3. The fourth-order valence-electron chi connectivity index (χ4n) is 2.59. The van der Waals surface area contributed by atoms with E-state index in [1.165, 1.54) is 0 Å². The SMILES string of the molecule is CCCCN(C(=O)N1CCC[C@@H](C(=O)O)C1)C(C)CC. The summed E-state index contributed by atoms with van der Waals surface area (Å²) in [6, 6.07) is 0.220. The Labute approximate surface area is 121 Å². The van der Waals surface area contributed by atoms with Gasteiger partial charge >= 0.3 is 12.0 Å². The van der Waals surface area contributed by atoms with Crippen molar-refractivity contribution in [1.29, 1.82) is 0 Å². The second-order valence-electron chi connectivity index (χ2n) is 5.71. The number of rotatable bonds is 6. The molecule has 0 saturated carbocycles. The number of hydrogen-bond donors (Lipinski definition) is 1. The molecule has 1 saturated heterocycles. The van der Waals surface area contributed by atoms with Gasteiger partial charge in [0.25, 0.3) is 0 Å². The maximum absolute atomic E-state index is 12.6. The molecule has 1 unspecified atom stereocenters. The minimum absolute atomic E-state index is 0.0127. The van der Waals surface area contributed by atoms with E-state index in [2.05, 4.69) is 20.8 Å². The number of hydrogen-bond acceptors (Lipinski definition) is 2. The fraction of sp³-hybridized carbons (Fsp3) is 0.867. The number of amides is 2. The Morgan fingerprint density at radius 3 is 2.65 bits per heavy atom. The van der Waals surface area contributed by atoms with E-state index in [4.69, 9.17) is 5.11 Å². The second kappa shape index (κ2) is 8.12. The van der Waals surface area contributed by atoms with E-state index in [1.807, 2.05) is 4.90 Å². The molecule has 2 atom stereocenters. The highest BCUT2D eigenvalue weighted by Crippen LogP contribution is 2.19. The maximum atomic E-state index is 12.6. The lowest BCUT2D eigenvalue weighted by Gasteiger charge is -2.37. The molecule has 2 amide bonds. The summed E-state index contributed by atoms with van der Waals surface area (Å²) in [4.78, 5) is 27.4. The van der Waals surface area contributed by atoms with Crippen LogP contribution in [0.5, 0.6) is 0 Å². The van der Waals surface area contributed by atoms with Gasteiger partial charge in [-0.2, -0.15) is 0 Å². The van der Waals surface area contributed by atoms with Crippen molar-refractivity contribution in [3.05, 3.63) is 0 Å². The molecule has 1 heterocycles. The Balaban J connectivity index is 2.69. The van der Waals surface area contributed by atoms with E-state index in [0.717, 1.165) is 32.2 Å². The molecule has 1 aliphatic heterocycles. The third-order valence-corrected chi connectivity index (χ3v) is 4.16. The average Bonchev–Trinajstić information content (AvgIpc) is 2.47. The summed E-state index contributed by atoms with van der Waals surface area (Å²) in [6.07, 6.45) is 4.43. The molecule has 0 aliphatic carbocycles. The Hall–Kier alpha value is -1.26. The number of carbonyl (C=O) groups is 2. The monoisotopic (exact) mass is 284 g/mol. The average molecular weight is 284 g/mol. The first kappa shape index (κ1) is 16.8. The summed E-state index contributed by atoms with van der Waals surface area (Å²) in [7, 11) is 0. The third kappa shape index (κ3) is 4.39. The Kier molecular flexibility index (Phi) is 6.82. The van der Waals surface area contributed by atoms with Gasteiger partial charge in [-0.25, -0.2) is 4.79 Å². The third-order valence-electron chi connectivity index (χ3n) is 4.16. The molecule has 0 spiro atoms. The van der Waals surface area contributed by atoms with Crippen molar-refractivity contribution >= 4 is 12.0 Å². The van der Waals surface area contributed by atoms with Gasteiger partial charge < -0.3 is 14.9 Å². The lowest BCUT2D eigenvalue weighted by atomic mass is 9.98. The number of carbonyl (C=O) groups excluding carboxylic acids is 1. The van der Waals surface area contributed by atoms with E-state index in [0.29, 0.717) is 19.5 Å². The lowest BCUT2D eigenvalue weighted by molar-refractivity contribution is -0.143. The molecule has 0 aromatic heterocycles. The van der Waals surface area contributed by atoms with Gasteiger partial charge in [-0.05, 0) is 32.6 Å². The molecule has 0 radical (unpaired) electrons. The van der Waals surface area contributed by atoms with Crippen LogP contribution in [0, 0.1) is 5.92 Å². The molecule has 20 heavy (non-hydrogen) atoms. The largest absolute Gasteiger partial charge is 0.481 e. The van der Waals surface area contributed by atoms with Crippen LogP contribution in [0.4, 0.5) is 4.79 Å². The van der Waals surface area contributed by atoms with E-state index in [9.17, 15) is 9.59 Å². The van der Waals surface area contributed by atoms with Gasteiger partial charge in [0.05, 0.1) is 5.92 Å². The zero-order valence-corrected chi connectivity index (χ0v) is 13.0. The molecule has 0 bridgehead atoms. The van der Waals surface area contributed by atoms with E-state index < -0.39 is 11.9 Å². The van der Waals surface area contributed by atoms with E-state index in [1.54, 1.807) is 4.90 Å². The number of carboxylic acid groups (broad SMARTS) is 1. The quantitative estimate of drug-likeness (QED) is 0.816. The predicted octanol–water partition coefficient (Wildman–Crippen LogP) is 2.80. The molecule has 1 aliphatic rings. The first-order valence-electron chi connectivity index (χ1n) is 7.79. The molecule has 1 fully saturated rings. The van der Waals surface area contributed by atoms with Crippen LogP contribution >= 0.6 is 0 Å². The van der Waals surface area contributed by atoms with E-state index in [-0.39, 0.29) is 12.1 Å². The number of unbranched alkanes of at least 4 members (excludes halogenated alkanes) is 1. The number of carboxylic acids is 1. The molecular weight excluding hydrogens is 256 g/mol. The van der Waals surface area contributed by atoms with Crippen LogP contribution in [0.15, 0.2) is 0 Å². The summed E-state index contributed by atoms with van der Waals surface area (Å²) >= 11 is 0. The first-order valence-corrected chi connectivity index (χ1v) is 7.79. The summed E-state index contributed by atoms with van der Waals surface area (Å²) in [5, 5.41) is 9.12. The van der Waals surface area contributed by atoms with Crippen molar-refractivity contribution in [3.63, 3.8) is 0 Å². The van der Waals surface area contributed by atoms with Gasteiger partial charge in [0, 0.05) is 25.7 Å². The second-order valence-corrected chi connectivity index (χ2v) is 5.71. The summed E-state index contributed by atoms with van der Waals surface area (Å²) in [5.41, 5.74) is 0. The highest BCUT2D eigenvalue weighted by Gasteiger charge is 2.31. The van der Waals surface area contributed by atoms with Gasteiger partial charge in [-0.1, -0.05) is 20.3 Å². The van der Waals surface area contributed by atoms with Gasteiger partial charge in [0.1, 0.15) is 0 Å². The number of urea groups is 1. The van der Waals surface area contributed by atoms with Crippen LogP contribution in [0.25, 0.3) is 0 Å². The number of likely N-dealkylation sites (tertiary alicyclic amines) is 1. The van der Waals surface area contributed by atoms with Crippen molar-refractivity contribution in [2.45, 2.75) is 58.9 Å². The number of aliphatic carboxylic acids is 1. The molecule has 116 valence electrons. The van der Waals surface area contributed by atoms with Gasteiger partial charge in [-0.3, -0.25) is 4.79 Å². The zero-order chi connectivity index (χ0) is 15.1. The number of nitrogens with zero attached hydrogens (tertiary/aromatic N) is 2. The maximum Gasteiger partial charge on any atom is 0.320 e. The molecule has 0 aromatic rings. The fourth-order valence-corrected chi connectivity index (χ4v) is 2.59. The van der Waals surface area contributed by atoms with Crippen LogP contribution in [0.3, 0.4) is 0 Å². The number of piperidine rings is 1. The van der Waals surface area contributed by atoms with Crippen LogP contribution in [0.2, 0.25) is 0 Å². The van der Waals surface area contributed by atoms with Crippen LogP contribution in [-0.4, -0.2) is 52.6 Å². The van der Waals surface area contributed by atoms with Gasteiger partial charge in [-0.15, -0.1) is 0 Å². The highest BCUT2D eigenvalue weighted by molar-refractivity contribution is 5.77. The van der Waals surface area contributed by atoms with Crippen LogP contribution < -0.4 is 0 Å². The Bertz CT molecular complexity index is 333. The standard InChI is InChI=1S/C15H28N2O3/c1-4-6-10-17(12(3)5-2)15(20)16-9-7-8-13(11-16)14(18)19/h12-13H,4-11H2,1-3H3,(H,18,19)/t12?,13-/m1/s1. The lowest BCUT2D eigenvalue weighted by Crippen LogP contribution is -2.51. The van der Waals surface area contributed by atoms with Gasteiger partial charge in [0.15, 0.2) is 0 Å². The molecule has 5 heteroatoms. The van der Waals surface area contributed by atoms with Gasteiger partial charge in [0.2, 0.25) is 0 Å². The topological polar surface area (TPSA) is 60.9 Å². The zero-order valence-electron chi connectivity index (χ0n) is 13.0. The Morgan fingerprint density at radius 2 is 2.10 bits per heavy atom. The van der Waals surface area contributed by atoms with Crippen molar-refractivity contribution in [2.24, 2.45) is 5.92 Å². The van der Waals surface area contributed by atoms with Crippen LogP contribution in [-0.2, 0) is 4.79 Å². The van der Waals surface area contributed by atoms with Crippen molar-refractivity contribution in [1.82, 2.24) is 9.80 Å². The minimum atomic E-state index is -0.786. The minimum Gasteiger partial charge on any atom is -0.481 e. The normalized spacial score (nSPS) is 20.6. The van der Waals surface area contributed by atoms with Crippen LogP contribution in [0.1, 0.15) is 52.9 Å². The first-order chi connectivity index (χ1) is 9.51. The van der Waals surface area contributed by atoms with Crippen molar-refractivity contribution < 1.29 is 14.7 Å². The predicted molar refractivity (Wildman–Crippen MR) is 78.7 cm³/mol. The molecule has 5 nitrogen and oxygen atoms in total. The summed E-state index contributed by atoms with van der Waals surface area (Å²) in [6.45, 7) is 8.05.